The van der Waals surface area contributed by atoms with Crippen LogP contribution in [-0.2, 0) is 5.41 Å². The molecule has 152 valence electrons. The Morgan fingerprint density at radius 3 is 1.59 bits per heavy atom. The third-order valence-electron chi connectivity index (χ3n) is 6.89. The summed E-state index contributed by atoms with van der Waals surface area (Å²) in [7, 11) is 0. The molecule has 0 heteroatoms. The molecule has 0 saturated carbocycles. The minimum Gasteiger partial charge on any atom is -0.0622 e. The van der Waals surface area contributed by atoms with Crippen LogP contribution in [-0.4, -0.2) is 0 Å². The molecular formula is C32H24. The normalized spacial score (nSPS) is 13.4. The van der Waals surface area contributed by atoms with E-state index in [-0.39, 0.29) is 5.41 Å². The Morgan fingerprint density at radius 2 is 0.969 bits per heavy atom. The smallest absolute Gasteiger partial charge is 0.0622 e. The first-order valence-corrected chi connectivity index (χ1v) is 11.2. The Bertz CT molecular complexity index is 1360. The van der Waals surface area contributed by atoms with E-state index in [2.05, 4.69) is 134 Å². The van der Waals surface area contributed by atoms with Crippen LogP contribution < -0.4 is 0 Å². The van der Waals surface area contributed by atoms with Crippen LogP contribution in [0.15, 0.2) is 127 Å². The fourth-order valence-electron chi connectivity index (χ4n) is 5.52. The maximum absolute atomic E-state index is 2.44. The van der Waals surface area contributed by atoms with Crippen molar-refractivity contribution in [3.8, 4) is 22.3 Å². The summed E-state index contributed by atoms with van der Waals surface area (Å²) in [6.07, 6.45) is 0. The molecule has 0 spiro atoms. The van der Waals surface area contributed by atoms with Crippen LogP contribution in [0, 0.1) is 6.92 Å². The van der Waals surface area contributed by atoms with Crippen molar-refractivity contribution in [1.29, 1.82) is 0 Å². The number of fused-ring (bicyclic) bond motifs is 3. The molecule has 5 aromatic rings. The lowest BCUT2D eigenvalue weighted by atomic mass is 9.67. The van der Waals surface area contributed by atoms with Gasteiger partial charge in [0.15, 0.2) is 0 Å². The molecule has 0 radical (unpaired) electrons. The molecule has 6 rings (SSSR count). The predicted octanol–water partition coefficient (Wildman–Crippen LogP) is 8.03. The van der Waals surface area contributed by atoms with Gasteiger partial charge in [-0.1, -0.05) is 121 Å². The van der Waals surface area contributed by atoms with Gasteiger partial charge >= 0.3 is 0 Å². The minimum atomic E-state index is -0.342. The maximum Gasteiger partial charge on any atom is 0.0713 e. The Morgan fingerprint density at radius 1 is 0.438 bits per heavy atom. The van der Waals surface area contributed by atoms with E-state index in [9.17, 15) is 0 Å². The van der Waals surface area contributed by atoms with Gasteiger partial charge in [-0.3, -0.25) is 0 Å². The van der Waals surface area contributed by atoms with E-state index in [1.165, 1.54) is 50.1 Å². The van der Waals surface area contributed by atoms with Crippen LogP contribution in [0.25, 0.3) is 22.3 Å². The number of rotatable bonds is 3. The zero-order valence-electron chi connectivity index (χ0n) is 18.1. The van der Waals surface area contributed by atoms with E-state index in [0.29, 0.717) is 0 Å². The summed E-state index contributed by atoms with van der Waals surface area (Å²) >= 11 is 0. The van der Waals surface area contributed by atoms with Crippen molar-refractivity contribution in [2.24, 2.45) is 0 Å². The molecule has 0 saturated heterocycles. The van der Waals surface area contributed by atoms with Gasteiger partial charge in [0.2, 0.25) is 0 Å². The lowest BCUT2D eigenvalue weighted by Gasteiger charge is -2.34. The Balaban J connectivity index is 1.77. The molecule has 0 bridgehead atoms. The van der Waals surface area contributed by atoms with E-state index in [1.807, 2.05) is 0 Å². The third-order valence-corrected chi connectivity index (χ3v) is 6.89. The standard InChI is InChI=1S/C32H24/c1-23-21-29-27-19-11-12-20-30(27)32(25-15-7-3-8-16-25,26-17-9-4-10-18-26)31(29)22-28(23)24-13-5-2-6-14-24/h2-22H,1H3. The van der Waals surface area contributed by atoms with Gasteiger partial charge < -0.3 is 0 Å². The molecule has 0 aliphatic heterocycles. The summed E-state index contributed by atoms with van der Waals surface area (Å²) in [4.78, 5) is 0. The van der Waals surface area contributed by atoms with Gasteiger partial charge in [-0.25, -0.2) is 0 Å². The monoisotopic (exact) mass is 408 g/mol. The lowest BCUT2D eigenvalue weighted by molar-refractivity contribution is 0.768. The summed E-state index contributed by atoms with van der Waals surface area (Å²) in [5.41, 5.74) is 11.5. The summed E-state index contributed by atoms with van der Waals surface area (Å²) in [6, 6.07) is 46.5. The van der Waals surface area contributed by atoms with Crippen LogP contribution in [0.2, 0.25) is 0 Å². The van der Waals surface area contributed by atoms with E-state index < -0.39 is 0 Å². The van der Waals surface area contributed by atoms with E-state index in [0.717, 1.165) is 0 Å². The second-order valence-electron chi connectivity index (χ2n) is 8.61. The fourth-order valence-corrected chi connectivity index (χ4v) is 5.52. The van der Waals surface area contributed by atoms with Crippen molar-refractivity contribution in [2.75, 3.05) is 0 Å². The molecular weight excluding hydrogens is 384 g/mol. The molecule has 1 aliphatic rings. The van der Waals surface area contributed by atoms with Gasteiger partial charge in [0.1, 0.15) is 0 Å². The molecule has 1 aliphatic carbocycles. The van der Waals surface area contributed by atoms with E-state index in [4.69, 9.17) is 0 Å². The van der Waals surface area contributed by atoms with Crippen molar-refractivity contribution >= 4 is 0 Å². The quantitative estimate of drug-likeness (QED) is 0.278. The first kappa shape index (κ1) is 18.8. The van der Waals surface area contributed by atoms with Crippen LogP contribution in [0.5, 0.6) is 0 Å². The minimum absolute atomic E-state index is 0.342. The summed E-state index contributed by atoms with van der Waals surface area (Å²) in [5, 5.41) is 0. The number of hydrogen-bond donors (Lipinski definition) is 0. The summed E-state index contributed by atoms with van der Waals surface area (Å²) in [5.74, 6) is 0. The molecule has 0 amide bonds. The zero-order chi connectivity index (χ0) is 21.5. The molecule has 0 N–H and O–H groups in total. The Kier molecular flexibility index (Phi) is 4.33. The average molecular weight is 409 g/mol. The first-order chi connectivity index (χ1) is 15.8. The molecule has 0 nitrogen and oxygen atoms in total. The van der Waals surface area contributed by atoms with Crippen molar-refractivity contribution in [1.82, 2.24) is 0 Å². The SMILES string of the molecule is Cc1cc2c(cc1-c1ccccc1)C(c1ccccc1)(c1ccccc1)c1ccccc1-2. The van der Waals surface area contributed by atoms with Gasteiger partial charge in [-0.15, -0.1) is 0 Å². The largest absolute Gasteiger partial charge is 0.0713 e. The first-order valence-electron chi connectivity index (χ1n) is 11.2. The van der Waals surface area contributed by atoms with Gasteiger partial charge in [0, 0.05) is 0 Å². The number of aryl methyl sites for hydroxylation is 1. The van der Waals surface area contributed by atoms with Gasteiger partial charge in [0.05, 0.1) is 5.41 Å². The second-order valence-corrected chi connectivity index (χ2v) is 8.61. The Hall–Kier alpha value is -3.90. The highest BCUT2D eigenvalue weighted by Gasteiger charge is 2.46. The Labute approximate surface area is 189 Å². The number of hydrogen-bond acceptors (Lipinski definition) is 0. The van der Waals surface area contributed by atoms with Crippen LogP contribution in [0.4, 0.5) is 0 Å². The van der Waals surface area contributed by atoms with Crippen molar-refractivity contribution in [3.05, 3.63) is 155 Å². The fraction of sp³-hybridized carbons (Fsp3) is 0.0625. The van der Waals surface area contributed by atoms with E-state index in [1.54, 1.807) is 0 Å². The van der Waals surface area contributed by atoms with Crippen LogP contribution in [0.1, 0.15) is 27.8 Å². The summed E-state index contributed by atoms with van der Waals surface area (Å²) in [6.45, 7) is 2.23. The molecule has 0 atom stereocenters. The van der Waals surface area contributed by atoms with Crippen molar-refractivity contribution in [2.45, 2.75) is 12.3 Å². The highest BCUT2D eigenvalue weighted by atomic mass is 14.5. The highest BCUT2D eigenvalue weighted by Crippen LogP contribution is 2.57. The van der Waals surface area contributed by atoms with E-state index >= 15 is 0 Å². The second kappa shape index (κ2) is 7.35. The third kappa shape index (κ3) is 2.63. The lowest BCUT2D eigenvalue weighted by Crippen LogP contribution is -2.28. The van der Waals surface area contributed by atoms with Crippen LogP contribution >= 0.6 is 0 Å². The number of benzene rings is 5. The van der Waals surface area contributed by atoms with Gasteiger partial charge in [-0.2, -0.15) is 0 Å². The molecule has 0 aromatic heterocycles. The van der Waals surface area contributed by atoms with Gasteiger partial charge in [0.25, 0.3) is 0 Å². The van der Waals surface area contributed by atoms with Crippen LogP contribution in [0.3, 0.4) is 0 Å². The average Bonchev–Trinajstić information content (AvgIpc) is 3.15. The highest BCUT2D eigenvalue weighted by molar-refractivity contribution is 5.89. The molecule has 5 aromatic carbocycles. The van der Waals surface area contributed by atoms with Crippen molar-refractivity contribution < 1.29 is 0 Å². The predicted molar refractivity (Wildman–Crippen MR) is 134 cm³/mol. The summed E-state index contributed by atoms with van der Waals surface area (Å²) < 4.78 is 0. The molecule has 0 unspecified atom stereocenters. The zero-order valence-corrected chi connectivity index (χ0v) is 18.1. The molecule has 0 heterocycles. The molecule has 0 fully saturated rings. The topological polar surface area (TPSA) is 0 Å². The van der Waals surface area contributed by atoms with Crippen molar-refractivity contribution in [3.63, 3.8) is 0 Å². The van der Waals surface area contributed by atoms with Gasteiger partial charge in [-0.05, 0) is 63.1 Å². The maximum atomic E-state index is 2.44. The molecule has 32 heavy (non-hydrogen) atoms.